The molecule has 0 amide bonds. The number of nitrogen functional groups attached to an aromatic ring is 1. The molecule has 0 fully saturated rings. The van der Waals surface area contributed by atoms with Gasteiger partial charge in [0.15, 0.2) is 0 Å². The summed E-state index contributed by atoms with van der Waals surface area (Å²) in [6.07, 6.45) is 0. The van der Waals surface area contributed by atoms with Crippen LogP contribution in [0.25, 0.3) is 0 Å². The average molecular weight is 196 g/mol. The molecule has 0 unspecified atom stereocenters. The lowest BCUT2D eigenvalue weighted by Gasteiger charge is -2.04. The van der Waals surface area contributed by atoms with Gasteiger partial charge < -0.3 is 5.73 Å². The second-order valence-electron chi connectivity index (χ2n) is 3.37. The molecule has 15 heavy (non-hydrogen) atoms. The molecule has 2 aromatic carbocycles. The van der Waals surface area contributed by atoms with E-state index < -0.39 is 0 Å². The van der Waals surface area contributed by atoms with E-state index in [1.165, 1.54) is 0 Å². The van der Waals surface area contributed by atoms with Gasteiger partial charge in [-0.25, -0.2) is 0 Å². The van der Waals surface area contributed by atoms with Crippen LogP contribution in [0, 0.1) is 5.41 Å². The van der Waals surface area contributed by atoms with E-state index in [1.807, 2.05) is 54.6 Å². The van der Waals surface area contributed by atoms with Crippen molar-refractivity contribution >= 4 is 11.4 Å². The fourth-order valence-corrected chi connectivity index (χ4v) is 1.47. The molecule has 0 saturated heterocycles. The van der Waals surface area contributed by atoms with Crippen LogP contribution in [0.2, 0.25) is 0 Å². The Balaban J connectivity index is 2.37. The molecule has 0 aliphatic rings. The lowest BCUT2D eigenvalue weighted by Crippen LogP contribution is -2.01. The number of nitrogens with two attached hydrogens (primary N) is 1. The Morgan fingerprint density at radius 1 is 0.867 bits per heavy atom. The van der Waals surface area contributed by atoms with Crippen LogP contribution < -0.4 is 5.73 Å². The van der Waals surface area contributed by atoms with Crippen molar-refractivity contribution in [2.24, 2.45) is 0 Å². The number of hydrogen-bond donors (Lipinski definition) is 2. The van der Waals surface area contributed by atoms with Crippen molar-refractivity contribution in [2.75, 3.05) is 5.73 Å². The van der Waals surface area contributed by atoms with Crippen LogP contribution in [0.4, 0.5) is 5.69 Å². The maximum Gasteiger partial charge on any atom is 0.0685 e. The molecular formula is C13H12N2. The highest BCUT2D eigenvalue weighted by molar-refractivity contribution is 6.11. The molecule has 0 saturated carbocycles. The Bertz CT molecular complexity index is 475. The SMILES string of the molecule is N=C(c1ccccc1)c1cccc(N)c1. The highest BCUT2D eigenvalue weighted by atomic mass is 14.5. The number of benzene rings is 2. The fraction of sp³-hybridized carbons (Fsp3) is 0. The van der Waals surface area contributed by atoms with Gasteiger partial charge in [-0.3, -0.25) is 5.41 Å². The van der Waals surface area contributed by atoms with Crippen LogP contribution >= 0.6 is 0 Å². The second-order valence-corrected chi connectivity index (χ2v) is 3.37. The van der Waals surface area contributed by atoms with Crippen molar-refractivity contribution in [1.29, 1.82) is 5.41 Å². The van der Waals surface area contributed by atoms with Crippen molar-refractivity contribution in [3.63, 3.8) is 0 Å². The molecule has 0 radical (unpaired) electrons. The summed E-state index contributed by atoms with van der Waals surface area (Å²) in [7, 11) is 0. The van der Waals surface area contributed by atoms with Gasteiger partial charge in [0.05, 0.1) is 5.71 Å². The highest BCUT2D eigenvalue weighted by Gasteiger charge is 2.03. The van der Waals surface area contributed by atoms with Crippen molar-refractivity contribution in [2.45, 2.75) is 0 Å². The zero-order valence-corrected chi connectivity index (χ0v) is 8.27. The van der Waals surface area contributed by atoms with E-state index in [-0.39, 0.29) is 0 Å². The summed E-state index contributed by atoms with van der Waals surface area (Å²) < 4.78 is 0. The number of nitrogens with one attached hydrogen (secondary N) is 1. The van der Waals surface area contributed by atoms with Gasteiger partial charge in [-0.05, 0) is 17.7 Å². The van der Waals surface area contributed by atoms with Crippen LogP contribution in [0.3, 0.4) is 0 Å². The molecule has 2 rings (SSSR count). The summed E-state index contributed by atoms with van der Waals surface area (Å²) >= 11 is 0. The number of anilines is 1. The Labute approximate surface area is 88.9 Å². The van der Waals surface area contributed by atoms with Gasteiger partial charge in [-0.1, -0.05) is 42.5 Å². The van der Waals surface area contributed by atoms with E-state index in [0.29, 0.717) is 11.4 Å². The maximum absolute atomic E-state index is 8.01. The van der Waals surface area contributed by atoms with Gasteiger partial charge in [0.2, 0.25) is 0 Å². The van der Waals surface area contributed by atoms with Crippen LogP contribution in [-0.2, 0) is 0 Å². The first-order valence-corrected chi connectivity index (χ1v) is 4.77. The molecule has 0 aliphatic carbocycles. The van der Waals surface area contributed by atoms with Crippen molar-refractivity contribution in [3.8, 4) is 0 Å². The molecule has 0 aromatic heterocycles. The average Bonchev–Trinajstić information content (AvgIpc) is 2.29. The largest absolute Gasteiger partial charge is 0.399 e. The zero-order chi connectivity index (χ0) is 10.7. The Morgan fingerprint density at radius 2 is 1.53 bits per heavy atom. The summed E-state index contributed by atoms with van der Waals surface area (Å²) in [5, 5.41) is 8.01. The third-order valence-electron chi connectivity index (χ3n) is 2.24. The first-order valence-electron chi connectivity index (χ1n) is 4.77. The molecule has 2 aromatic rings. The summed E-state index contributed by atoms with van der Waals surface area (Å²) in [5.74, 6) is 0. The van der Waals surface area contributed by atoms with Crippen molar-refractivity contribution in [1.82, 2.24) is 0 Å². The number of hydrogen-bond acceptors (Lipinski definition) is 2. The molecule has 0 aliphatic heterocycles. The van der Waals surface area contributed by atoms with Crippen LogP contribution in [0.15, 0.2) is 54.6 Å². The minimum Gasteiger partial charge on any atom is -0.399 e. The summed E-state index contributed by atoms with van der Waals surface area (Å²) in [6.45, 7) is 0. The fourth-order valence-electron chi connectivity index (χ4n) is 1.47. The van der Waals surface area contributed by atoms with Gasteiger partial charge in [0, 0.05) is 11.3 Å². The van der Waals surface area contributed by atoms with Crippen molar-refractivity contribution in [3.05, 3.63) is 65.7 Å². The van der Waals surface area contributed by atoms with Crippen molar-refractivity contribution < 1.29 is 0 Å². The predicted octanol–water partition coefficient (Wildman–Crippen LogP) is 2.68. The lowest BCUT2D eigenvalue weighted by molar-refractivity contribution is 1.46. The summed E-state index contributed by atoms with van der Waals surface area (Å²) in [4.78, 5) is 0. The molecule has 2 nitrogen and oxygen atoms in total. The smallest absolute Gasteiger partial charge is 0.0685 e. The number of rotatable bonds is 2. The Morgan fingerprint density at radius 3 is 2.20 bits per heavy atom. The van der Waals surface area contributed by atoms with E-state index in [0.717, 1.165) is 11.1 Å². The van der Waals surface area contributed by atoms with Crippen LogP contribution in [0.1, 0.15) is 11.1 Å². The monoisotopic (exact) mass is 196 g/mol. The van der Waals surface area contributed by atoms with Gasteiger partial charge in [0.25, 0.3) is 0 Å². The molecular weight excluding hydrogens is 184 g/mol. The molecule has 2 heteroatoms. The van der Waals surface area contributed by atoms with Gasteiger partial charge in [-0.15, -0.1) is 0 Å². The van der Waals surface area contributed by atoms with Crippen LogP contribution in [-0.4, -0.2) is 5.71 Å². The molecule has 0 bridgehead atoms. The maximum atomic E-state index is 8.01. The van der Waals surface area contributed by atoms with E-state index >= 15 is 0 Å². The van der Waals surface area contributed by atoms with E-state index in [2.05, 4.69) is 0 Å². The van der Waals surface area contributed by atoms with E-state index in [9.17, 15) is 0 Å². The molecule has 3 N–H and O–H groups in total. The normalized spacial score (nSPS) is 9.87. The Hall–Kier alpha value is -2.09. The zero-order valence-electron chi connectivity index (χ0n) is 8.27. The van der Waals surface area contributed by atoms with Gasteiger partial charge >= 0.3 is 0 Å². The molecule has 0 atom stereocenters. The minimum absolute atomic E-state index is 0.503. The van der Waals surface area contributed by atoms with Gasteiger partial charge in [-0.2, -0.15) is 0 Å². The lowest BCUT2D eigenvalue weighted by atomic mass is 10.0. The van der Waals surface area contributed by atoms with Crippen LogP contribution in [0.5, 0.6) is 0 Å². The second kappa shape index (κ2) is 3.96. The summed E-state index contributed by atoms with van der Waals surface area (Å²) in [6, 6.07) is 17.0. The highest BCUT2D eigenvalue weighted by Crippen LogP contribution is 2.12. The first-order chi connectivity index (χ1) is 7.27. The van der Waals surface area contributed by atoms with Gasteiger partial charge in [0.1, 0.15) is 0 Å². The predicted molar refractivity (Wildman–Crippen MR) is 63.2 cm³/mol. The Kier molecular flexibility index (Phi) is 2.50. The third-order valence-corrected chi connectivity index (χ3v) is 2.24. The van der Waals surface area contributed by atoms with E-state index in [1.54, 1.807) is 0 Å². The molecule has 0 spiro atoms. The van der Waals surface area contributed by atoms with E-state index in [4.69, 9.17) is 11.1 Å². The molecule has 0 heterocycles. The third kappa shape index (κ3) is 2.05. The standard InChI is InChI=1S/C13H12N2/c14-12-8-4-7-11(9-12)13(15)10-5-2-1-3-6-10/h1-9,15H,14H2. The first kappa shape index (κ1) is 9.46. The summed E-state index contributed by atoms with van der Waals surface area (Å²) in [5.41, 5.74) is 8.62. The topological polar surface area (TPSA) is 49.9 Å². The molecule has 74 valence electrons. The quantitative estimate of drug-likeness (QED) is 0.563. The minimum atomic E-state index is 0.503.